The van der Waals surface area contributed by atoms with Gasteiger partial charge in [-0.25, -0.2) is 4.79 Å². The Bertz CT molecular complexity index is 1100. The Morgan fingerprint density at radius 3 is 2.23 bits per heavy atom. The molecule has 9 heteroatoms. The zero-order valence-electron chi connectivity index (χ0n) is 16.5. The van der Waals surface area contributed by atoms with E-state index in [1.807, 2.05) is 32.9 Å². The molecule has 30 heavy (non-hydrogen) atoms. The minimum atomic E-state index is -4.53. The highest BCUT2D eigenvalue weighted by atomic mass is 32.2. The van der Waals surface area contributed by atoms with Gasteiger partial charge < -0.3 is 9.52 Å². The van der Waals surface area contributed by atoms with Crippen LogP contribution in [0.2, 0.25) is 0 Å². The van der Waals surface area contributed by atoms with Crippen LogP contribution in [0.5, 0.6) is 5.75 Å². The number of nitrogens with zero attached hydrogens (tertiary/aromatic N) is 2. The number of rotatable bonds is 5. The predicted octanol–water partition coefficient (Wildman–Crippen LogP) is 5.08. The molecule has 0 unspecified atom stereocenters. The molecule has 0 radical (unpaired) electrons. The van der Waals surface area contributed by atoms with E-state index in [1.165, 1.54) is 23.9 Å². The lowest BCUT2D eigenvalue weighted by molar-refractivity contribution is -0.141. The number of aromatic nitrogens is 2. The van der Waals surface area contributed by atoms with Crippen molar-refractivity contribution < 1.29 is 22.7 Å². The van der Waals surface area contributed by atoms with Crippen molar-refractivity contribution in [1.29, 1.82) is 0 Å². The highest BCUT2D eigenvalue weighted by molar-refractivity contribution is 7.99. The van der Waals surface area contributed by atoms with Crippen molar-refractivity contribution in [2.75, 3.05) is 5.75 Å². The first-order chi connectivity index (χ1) is 14.1. The van der Waals surface area contributed by atoms with Gasteiger partial charge in [-0.15, -0.1) is 22.0 Å². The first-order valence-corrected chi connectivity index (χ1v) is 10.0. The lowest BCUT2D eigenvalue weighted by Gasteiger charge is -2.12. The Labute approximate surface area is 175 Å². The Morgan fingerprint density at radius 2 is 1.70 bits per heavy atom. The number of aromatic hydroxyl groups is 1. The van der Waals surface area contributed by atoms with Crippen LogP contribution < -0.4 is 5.63 Å². The van der Waals surface area contributed by atoms with E-state index in [-0.39, 0.29) is 23.5 Å². The van der Waals surface area contributed by atoms with Crippen LogP contribution in [0.3, 0.4) is 0 Å². The Kier molecular flexibility index (Phi) is 6.21. The van der Waals surface area contributed by atoms with E-state index < -0.39 is 17.5 Å². The quantitative estimate of drug-likeness (QED) is 0.562. The van der Waals surface area contributed by atoms with Gasteiger partial charge in [-0.05, 0) is 49.6 Å². The van der Waals surface area contributed by atoms with E-state index in [0.717, 1.165) is 22.8 Å². The summed E-state index contributed by atoms with van der Waals surface area (Å²) in [6.07, 6.45) is -4.25. The smallest absolute Gasteiger partial charge is 0.435 e. The molecular formula is C21H19F3N2O3S. The summed E-state index contributed by atoms with van der Waals surface area (Å²) in [5, 5.41) is 17.5. The van der Waals surface area contributed by atoms with Crippen molar-refractivity contribution in [3.8, 4) is 16.9 Å². The molecule has 0 saturated heterocycles. The lowest BCUT2D eigenvalue weighted by Crippen LogP contribution is -2.09. The molecule has 3 aromatic rings. The molecule has 2 aromatic heterocycles. The van der Waals surface area contributed by atoms with Crippen molar-refractivity contribution in [3.05, 3.63) is 68.9 Å². The first-order valence-electron chi connectivity index (χ1n) is 9.04. The van der Waals surface area contributed by atoms with Gasteiger partial charge >= 0.3 is 11.8 Å². The number of aryl methyl sites for hydroxylation is 4. The standard InChI is InChI=1S/C21H19F3N2O3S/c1-11-8-12(2)18(13(3)9-11)19-15(27)10-14(29-20(19)28)6-7-30-17-5-4-16(25-26-17)21(22,23)24/h4-5,8-10,27H,6-7H2,1-3H3. The van der Waals surface area contributed by atoms with Gasteiger partial charge in [0.1, 0.15) is 22.1 Å². The molecule has 0 aliphatic heterocycles. The van der Waals surface area contributed by atoms with Gasteiger partial charge in [0.05, 0.1) is 0 Å². The molecule has 0 atom stereocenters. The van der Waals surface area contributed by atoms with Gasteiger partial charge in [-0.2, -0.15) is 13.2 Å². The summed E-state index contributed by atoms with van der Waals surface area (Å²) in [5.74, 6) is 0.483. The Morgan fingerprint density at radius 1 is 1.03 bits per heavy atom. The van der Waals surface area contributed by atoms with Gasteiger partial charge in [0.15, 0.2) is 5.69 Å². The van der Waals surface area contributed by atoms with Crippen LogP contribution in [0.4, 0.5) is 13.2 Å². The third-order valence-electron chi connectivity index (χ3n) is 4.44. The summed E-state index contributed by atoms with van der Waals surface area (Å²) >= 11 is 1.17. The molecular weight excluding hydrogens is 417 g/mol. The average Bonchev–Trinajstić information content (AvgIpc) is 2.63. The largest absolute Gasteiger partial charge is 0.507 e. The van der Waals surface area contributed by atoms with Crippen LogP contribution in [0.1, 0.15) is 28.1 Å². The monoisotopic (exact) mass is 436 g/mol. The summed E-state index contributed by atoms with van der Waals surface area (Å²) in [7, 11) is 0. The molecule has 158 valence electrons. The molecule has 1 aromatic carbocycles. The van der Waals surface area contributed by atoms with Gasteiger partial charge in [-0.1, -0.05) is 17.7 Å². The lowest BCUT2D eigenvalue weighted by atomic mass is 9.94. The van der Waals surface area contributed by atoms with Crippen LogP contribution in [-0.2, 0) is 12.6 Å². The molecule has 0 amide bonds. The van der Waals surface area contributed by atoms with Crippen molar-refractivity contribution in [2.24, 2.45) is 0 Å². The molecule has 0 aliphatic carbocycles. The predicted molar refractivity (Wildman–Crippen MR) is 108 cm³/mol. The highest BCUT2D eigenvalue weighted by Crippen LogP contribution is 2.33. The number of hydrogen-bond acceptors (Lipinski definition) is 6. The topological polar surface area (TPSA) is 76.2 Å². The molecule has 1 N–H and O–H groups in total. The highest BCUT2D eigenvalue weighted by Gasteiger charge is 2.32. The summed E-state index contributed by atoms with van der Waals surface area (Å²) in [6, 6.07) is 7.35. The first kappa shape index (κ1) is 21.9. The SMILES string of the molecule is Cc1cc(C)c(-c2c(O)cc(CCSc3ccc(C(F)(F)F)nn3)oc2=O)c(C)c1. The minimum Gasteiger partial charge on any atom is -0.507 e. The second kappa shape index (κ2) is 8.51. The second-order valence-corrected chi connectivity index (χ2v) is 8.00. The summed E-state index contributed by atoms with van der Waals surface area (Å²) in [4.78, 5) is 12.6. The third-order valence-corrected chi connectivity index (χ3v) is 5.36. The van der Waals surface area contributed by atoms with Gasteiger partial charge in [0.25, 0.3) is 0 Å². The van der Waals surface area contributed by atoms with E-state index >= 15 is 0 Å². The number of halogens is 3. The average molecular weight is 436 g/mol. The van der Waals surface area contributed by atoms with Gasteiger partial charge in [-0.3, -0.25) is 0 Å². The normalized spacial score (nSPS) is 11.7. The molecule has 2 heterocycles. The molecule has 0 bridgehead atoms. The van der Waals surface area contributed by atoms with Crippen molar-refractivity contribution in [1.82, 2.24) is 10.2 Å². The van der Waals surface area contributed by atoms with Crippen molar-refractivity contribution in [3.63, 3.8) is 0 Å². The zero-order valence-corrected chi connectivity index (χ0v) is 17.3. The van der Waals surface area contributed by atoms with E-state index in [2.05, 4.69) is 10.2 Å². The summed E-state index contributed by atoms with van der Waals surface area (Å²) < 4.78 is 42.9. The van der Waals surface area contributed by atoms with Crippen LogP contribution in [0.15, 0.2) is 44.6 Å². The fourth-order valence-corrected chi connectivity index (χ4v) is 4.04. The maximum Gasteiger partial charge on any atom is 0.435 e. The maximum absolute atomic E-state index is 12.6. The molecule has 0 spiro atoms. The van der Waals surface area contributed by atoms with Gasteiger partial charge in [0.2, 0.25) is 0 Å². The fourth-order valence-electron chi connectivity index (χ4n) is 3.26. The van der Waals surface area contributed by atoms with Crippen molar-refractivity contribution >= 4 is 11.8 Å². The number of thioether (sulfide) groups is 1. The molecule has 0 fully saturated rings. The van der Waals surface area contributed by atoms with E-state index in [0.29, 0.717) is 16.3 Å². The van der Waals surface area contributed by atoms with Gasteiger partial charge in [0, 0.05) is 18.2 Å². The molecule has 3 rings (SSSR count). The second-order valence-electron chi connectivity index (χ2n) is 6.89. The Hall–Kier alpha value is -2.81. The minimum absolute atomic E-state index is 0.120. The van der Waals surface area contributed by atoms with Crippen molar-refractivity contribution in [2.45, 2.75) is 38.4 Å². The van der Waals surface area contributed by atoms with Crippen LogP contribution in [0.25, 0.3) is 11.1 Å². The molecule has 0 aliphatic rings. The van der Waals surface area contributed by atoms with Crippen LogP contribution in [0, 0.1) is 20.8 Å². The van der Waals surface area contributed by atoms with Crippen LogP contribution in [-0.4, -0.2) is 21.1 Å². The summed E-state index contributed by atoms with van der Waals surface area (Å²) in [6.45, 7) is 5.68. The molecule has 0 saturated carbocycles. The molecule has 5 nitrogen and oxygen atoms in total. The fraction of sp³-hybridized carbons (Fsp3) is 0.286. The Balaban J connectivity index is 1.74. The number of hydrogen-bond donors (Lipinski definition) is 1. The number of alkyl halides is 3. The zero-order chi connectivity index (χ0) is 22.1. The van der Waals surface area contributed by atoms with Crippen LogP contribution >= 0.6 is 11.8 Å². The third kappa shape index (κ3) is 4.84. The van der Waals surface area contributed by atoms with E-state index in [4.69, 9.17) is 4.42 Å². The van der Waals surface area contributed by atoms with E-state index in [1.54, 1.807) is 0 Å². The van der Waals surface area contributed by atoms with E-state index in [9.17, 15) is 23.1 Å². The number of benzene rings is 1. The maximum atomic E-state index is 12.6. The summed E-state index contributed by atoms with van der Waals surface area (Å²) in [5.41, 5.74) is 1.85.